The third kappa shape index (κ3) is 3.13. The Balaban J connectivity index is 1.65. The highest BCUT2D eigenvalue weighted by Gasteiger charge is 2.25. The first-order valence-electron chi connectivity index (χ1n) is 7.68. The van der Waals surface area contributed by atoms with Crippen molar-refractivity contribution in [3.63, 3.8) is 0 Å². The number of amides is 1. The van der Waals surface area contributed by atoms with Gasteiger partial charge in [0.2, 0.25) is 0 Å². The zero-order chi connectivity index (χ0) is 14.8. The summed E-state index contributed by atoms with van der Waals surface area (Å²) < 4.78 is 4.99. The van der Waals surface area contributed by atoms with Gasteiger partial charge in [0.05, 0.1) is 6.54 Å². The SMILES string of the molecule is CC(C)N1CCC(Nc2cccc(N3CCOC3=O)c2)C1. The van der Waals surface area contributed by atoms with Crippen molar-refractivity contribution >= 4 is 17.5 Å². The number of carbonyl (C=O) groups is 1. The van der Waals surface area contributed by atoms with Crippen LogP contribution in [0.1, 0.15) is 20.3 Å². The summed E-state index contributed by atoms with van der Waals surface area (Å²) in [5.74, 6) is 0. The molecule has 5 heteroatoms. The molecule has 0 radical (unpaired) electrons. The van der Waals surface area contributed by atoms with Crippen LogP contribution in [0.15, 0.2) is 24.3 Å². The molecule has 3 rings (SSSR count). The summed E-state index contributed by atoms with van der Waals surface area (Å²) in [5.41, 5.74) is 1.98. The van der Waals surface area contributed by atoms with E-state index in [4.69, 9.17) is 4.74 Å². The molecule has 1 N–H and O–H groups in total. The Morgan fingerprint density at radius 1 is 1.33 bits per heavy atom. The minimum absolute atomic E-state index is 0.251. The maximum Gasteiger partial charge on any atom is 0.414 e. The monoisotopic (exact) mass is 289 g/mol. The number of carbonyl (C=O) groups excluding carboxylic acids is 1. The first-order valence-corrected chi connectivity index (χ1v) is 7.68. The van der Waals surface area contributed by atoms with E-state index in [0.29, 0.717) is 25.2 Å². The largest absolute Gasteiger partial charge is 0.447 e. The van der Waals surface area contributed by atoms with E-state index < -0.39 is 0 Å². The summed E-state index contributed by atoms with van der Waals surface area (Å²) in [7, 11) is 0. The Hall–Kier alpha value is -1.75. The first-order chi connectivity index (χ1) is 10.1. The van der Waals surface area contributed by atoms with Crippen LogP contribution in [-0.4, -0.2) is 49.3 Å². The van der Waals surface area contributed by atoms with Crippen LogP contribution in [0.3, 0.4) is 0 Å². The molecule has 5 nitrogen and oxygen atoms in total. The van der Waals surface area contributed by atoms with Gasteiger partial charge in [-0.05, 0) is 38.5 Å². The van der Waals surface area contributed by atoms with Gasteiger partial charge in [0, 0.05) is 36.5 Å². The van der Waals surface area contributed by atoms with Crippen LogP contribution in [0.2, 0.25) is 0 Å². The second kappa shape index (κ2) is 5.93. The van der Waals surface area contributed by atoms with Crippen molar-refractivity contribution in [3.8, 4) is 0 Å². The van der Waals surface area contributed by atoms with Crippen molar-refractivity contribution in [2.75, 3.05) is 36.5 Å². The quantitative estimate of drug-likeness (QED) is 0.925. The molecule has 0 aliphatic carbocycles. The van der Waals surface area contributed by atoms with E-state index in [0.717, 1.165) is 30.9 Å². The summed E-state index contributed by atoms with van der Waals surface area (Å²) in [5, 5.41) is 3.58. The van der Waals surface area contributed by atoms with Crippen LogP contribution >= 0.6 is 0 Å². The van der Waals surface area contributed by atoms with Gasteiger partial charge in [-0.3, -0.25) is 9.80 Å². The molecule has 2 aliphatic heterocycles. The Kier molecular flexibility index (Phi) is 4.01. The number of hydrogen-bond acceptors (Lipinski definition) is 4. The molecular weight excluding hydrogens is 266 g/mol. The van der Waals surface area contributed by atoms with E-state index in [2.05, 4.69) is 30.1 Å². The normalized spacial score (nSPS) is 22.9. The lowest BCUT2D eigenvalue weighted by Gasteiger charge is -2.21. The Bertz CT molecular complexity index is 518. The zero-order valence-electron chi connectivity index (χ0n) is 12.7. The van der Waals surface area contributed by atoms with Gasteiger partial charge in [-0.15, -0.1) is 0 Å². The van der Waals surface area contributed by atoms with E-state index in [1.165, 1.54) is 0 Å². The van der Waals surface area contributed by atoms with Gasteiger partial charge < -0.3 is 10.1 Å². The lowest BCUT2D eigenvalue weighted by atomic mass is 10.2. The van der Waals surface area contributed by atoms with E-state index in [9.17, 15) is 4.79 Å². The molecule has 1 atom stereocenters. The standard InChI is InChI=1S/C16H23N3O2/c1-12(2)18-7-6-14(11-18)17-13-4-3-5-15(10-13)19-8-9-21-16(19)20/h3-5,10,12,14,17H,6-9,11H2,1-2H3. The van der Waals surface area contributed by atoms with Gasteiger partial charge >= 0.3 is 6.09 Å². The number of anilines is 2. The fraction of sp³-hybridized carbons (Fsp3) is 0.562. The zero-order valence-corrected chi connectivity index (χ0v) is 12.7. The summed E-state index contributed by atoms with van der Waals surface area (Å²) in [6.07, 6.45) is 0.910. The molecule has 114 valence electrons. The van der Waals surface area contributed by atoms with Crippen LogP contribution in [0.25, 0.3) is 0 Å². The lowest BCUT2D eigenvalue weighted by molar-refractivity contribution is 0.181. The van der Waals surface area contributed by atoms with E-state index >= 15 is 0 Å². The van der Waals surface area contributed by atoms with Crippen LogP contribution in [0, 0.1) is 0 Å². The highest BCUT2D eigenvalue weighted by Crippen LogP contribution is 2.24. The van der Waals surface area contributed by atoms with E-state index in [-0.39, 0.29) is 6.09 Å². The second-order valence-electron chi connectivity index (χ2n) is 6.03. The molecule has 2 aliphatic rings. The summed E-state index contributed by atoms with van der Waals surface area (Å²) >= 11 is 0. The van der Waals surface area contributed by atoms with Gasteiger partial charge in [0.25, 0.3) is 0 Å². The third-order valence-electron chi connectivity index (χ3n) is 4.24. The lowest BCUT2D eigenvalue weighted by Crippen LogP contribution is -2.31. The number of cyclic esters (lactones) is 1. The fourth-order valence-electron chi connectivity index (χ4n) is 3.00. The maximum absolute atomic E-state index is 11.6. The van der Waals surface area contributed by atoms with Crippen molar-refractivity contribution in [1.29, 1.82) is 0 Å². The molecule has 2 heterocycles. The molecule has 1 amide bonds. The van der Waals surface area contributed by atoms with Crippen LogP contribution in [0.4, 0.5) is 16.2 Å². The summed E-state index contributed by atoms with van der Waals surface area (Å²) in [6.45, 7) is 7.81. The number of likely N-dealkylation sites (tertiary alicyclic amines) is 1. The van der Waals surface area contributed by atoms with Gasteiger partial charge in [-0.1, -0.05) is 6.07 Å². The average Bonchev–Trinajstić information content (AvgIpc) is 3.08. The molecule has 1 aromatic carbocycles. The first kappa shape index (κ1) is 14.2. The Labute approximate surface area is 125 Å². The molecule has 0 spiro atoms. The van der Waals surface area contributed by atoms with Crippen molar-refractivity contribution < 1.29 is 9.53 Å². The highest BCUT2D eigenvalue weighted by atomic mass is 16.6. The van der Waals surface area contributed by atoms with Gasteiger partial charge in [-0.25, -0.2) is 4.79 Å². The molecule has 21 heavy (non-hydrogen) atoms. The number of ether oxygens (including phenoxy) is 1. The van der Waals surface area contributed by atoms with Crippen LogP contribution in [-0.2, 0) is 4.74 Å². The number of nitrogens with one attached hydrogen (secondary N) is 1. The topological polar surface area (TPSA) is 44.8 Å². The molecule has 0 aromatic heterocycles. The molecule has 2 saturated heterocycles. The van der Waals surface area contributed by atoms with E-state index in [1.807, 2.05) is 18.2 Å². The smallest absolute Gasteiger partial charge is 0.414 e. The second-order valence-corrected chi connectivity index (χ2v) is 6.03. The Morgan fingerprint density at radius 3 is 2.86 bits per heavy atom. The minimum atomic E-state index is -0.251. The van der Waals surface area contributed by atoms with Crippen molar-refractivity contribution in [2.24, 2.45) is 0 Å². The Morgan fingerprint density at radius 2 is 2.19 bits per heavy atom. The average molecular weight is 289 g/mol. The molecule has 2 fully saturated rings. The molecule has 0 saturated carbocycles. The van der Waals surface area contributed by atoms with Gasteiger partial charge in [0.15, 0.2) is 0 Å². The molecular formula is C16H23N3O2. The maximum atomic E-state index is 11.6. The predicted octanol–water partition coefficient (Wildman–Crippen LogP) is 2.54. The number of nitrogens with zero attached hydrogens (tertiary/aromatic N) is 2. The van der Waals surface area contributed by atoms with Crippen LogP contribution < -0.4 is 10.2 Å². The predicted molar refractivity (Wildman–Crippen MR) is 83.9 cm³/mol. The minimum Gasteiger partial charge on any atom is -0.447 e. The summed E-state index contributed by atoms with van der Waals surface area (Å²) in [6, 6.07) is 9.11. The molecule has 1 aromatic rings. The van der Waals surface area contributed by atoms with Crippen molar-refractivity contribution in [1.82, 2.24) is 4.90 Å². The third-order valence-corrected chi connectivity index (χ3v) is 4.24. The van der Waals surface area contributed by atoms with Gasteiger partial charge in [0.1, 0.15) is 6.61 Å². The summed E-state index contributed by atoms with van der Waals surface area (Å²) in [4.78, 5) is 15.8. The van der Waals surface area contributed by atoms with Crippen LogP contribution in [0.5, 0.6) is 0 Å². The van der Waals surface area contributed by atoms with Crippen molar-refractivity contribution in [2.45, 2.75) is 32.4 Å². The molecule has 1 unspecified atom stereocenters. The highest BCUT2D eigenvalue weighted by molar-refractivity contribution is 5.89. The molecule has 0 bridgehead atoms. The number of benzene rings is 1. The number of hydrogen-bond donors (Lipinski definition) is 1. The van der Waals surface area contributed by atoms with Crippen molar-refractivity contribution in [3.05, 3.63) is 24.3 Å². The van der Waals surface area contributed by atoms with E-state index in [1.54, 1.807) is 4.90 Å². The van der Waals surface area contributed by atoms with Gasteiger partial charge in [-0.2, -0.15) is 0 Å². The fourth-order valence-corrected chi connectivity index (χ4v) is 3.00. The number of rotatable bonds is 4.